The molecular weight excluding hydrogens is 349 g/mol. The minimum atomic E-state index is -2.81. The van der Waals surface area contributed by atoms with Crippen LogP contribution < -0.4 is 0 Å². The number of allylic oxidation sites excluding steroid dienone is 4. The molecule has 0 aromatic heterocycles. The van der Waals surface area contributed by atoms with Crippen molar-refractivity contribution in [3.8, 4) is 0 Å². The summed E-state index contributed by atoms with van der Waals surface area (Å²) < 4.78 is 5.78. The monoisotopic (exact) mass is 386 g/mol. The maximum absolute atomic E-state index is 2.81. The van der Waals surface area contributed by atoms with E-state index in [1.54, 1.807) is 0 Å². The number of hydrogen-bond donors (Lipinski definition) is 0. The summed E-state index contributed by atoms with van der Waals surface area (Å²) in [7, 11) is 4.45. The van der Waals surface area contributed by atoms with Crippen LogP contribution in [0.3, 0.4) is 0 Å². The van der Waals surface area contributed by atoms with Crippen molar-refractivity contribution >= 4 is 24.8 Å². The summed E-state index contributed by atoms with van der Waals surface area (Å²) in [5, 5.41) is 0. The van der Waals surface area contributed by atoms with Crippen molar-refractivity contribution < 1.29 is 15.3 Å². The Morgan fingerprint density at radius 1 is 0.955 bits per heavy atom. The van der Waals surface area contributed by atoms with E-state index in [4.69, 9.17) is 0 Å². The van der Waals surface area contributed by atoms with Gasteiger partial charge in [0.1, 0.15) is 0 Å². The molecule has 0 fully saturated rings. The van der Waals surface area contributed by atoms with E-state index >= 15 is 0 Å². The molecule has 133 valence electrons. The second-order valence-corrected chi connectivity index (χ2v) is 20.6. The number of hydrogen-bond acceptors (Lipinski definition) is 1. The second kappa shape index (κ2) is 9.28. The maximum Gasteiger partial charge on any atom is -0.147 e. The molecule has 0 unspecified atom stereocenters. The molecule has 0 saturated carbocycles. The zero-order valence-electron chi connectivity index (χ0n) is 15.8. The molecule has 1 aliphatic rings. The van der Waals surface area contributed by atoms with Gasteiger partial charge in [-0.3, -0.25) is 0 Å². The average molecular weight is 387 g/mol. The fraction of sp³-hybridized carbons (Fsp3) is 0.778. The number of nitrogens with zero attached hydrogens (tertiary/aromatic N) is 1. The van der Waals surface area contributed by atoms with Crippen LogP contribution in [0, 0.1) is 0 Å². The summed E-state index contributed by atoms with van der Waals surface area (Å²) in [6.07, 6.45) is 8.40. The first kappa shape index (κ1) is 25.0. The van der Waals surface area contributed by atoms with E-state index in [1.807, 2.05) is 3.88 Å². The first-order valence-corrected chi connectivity index (χ1v) is 13.0. The van der Waals surface area contributed by atoms with Gasteiger partial charge < -0.3 is 0 Å². The van der Waals surface area contributed by atoms with Gasteiger partial charge in [-0.15, -0.1) is 24.8 Å². The summed E-state index contributed by atoms with van der Waals surface area (Å²) in [6.45, 7) is 16.4. The molecule has 22 heavy (non-hydrogen) atoms. The second-order valence-electron chi connectivity index (χ2n) is 8.06. The summed E-state index contributed by atoms with van der Waals surface area (Å²) >= 11 is -2.81. The molecule has 0 amide bonds. The molecular formula is C18H38Cl2NTi. The molecule has 0 saturated heterocycles. The SMILES string of the molecule is C[CH](C)[Ti]([CH2]CN(C)C)([C]1=CC=CC1)([CH](C)C)[CH](C)C.Cl.Cl. The van der Waals surface area contributed by atoms with Gasteiger partial charge in [-0.05, 0) is 0 Å². The molecule has 1 aliphatic carbocycles. The van der Waals surface area contributed by atoms with Crippen LogP contribution >= 0.6 is 24.8 Å². The third-order valence-corrected chi connectivity index (χ3v) is 24.7. The molecule has 1 rings (SSSR count). The third-order valence-electron chi connectivity index (χ3n) is 6.76. The van der Waals surface area contributed by atoms with Crippen molar-refractivity contribution in [3.63, 3.8) is 0 Å². The Balaban J connectivity index is 0. The van der Waals surface area contributed by atoms with E-state index < -0.39 is 15.3 Å². The summed E-state index contributed by atoms with van der Waals surface area (Å²) in [5.41, 5.74) is 0. The van der Waals surface area contributed by atoms with Gasteiger partial charge in [-0.1, -0.05) is 0 Å². The minimum Gasteiger partial charge on any atom is -0.147 e. The first-order chi connectivity index (χ1) is 9.19. The fourth-order valence-corrected chi connectivity index (χ4v) is 21.7. The van der Waals surface area contributed by atoms with Crippen LogP contribution in [-0.2, 0) is 15.3 Å². The maximum atomic E-state index is 2.52. The molecule has 1 nitrogen and oxygen atoms in total. The Hall–Kier alpha value is 0.734. The van der Waals surface area contributed by atoms with Crippen LogP contribution in [-0.4, -0.2) is 25.5 Å². The van der Waals surface area contributed by atoms with E-state index in [-0.39, 0.29) is 24.8 Å². The zero-order valence-corrected chi connectivity index (χ0v) is 19.0. The zero-order chi connectivity index (χ0) is 15.6. The summed E-state index contributed by atoms with van der Waals surface area (Å²) in [6, 6.07) is 0. The number of rotatable bonds is 7. The van der Waals surface area contributed by atoms with E-state index in [0.717, 1.165) is 12.7 Å². The first-order valence-electron chi connectivity index (χ1n) is 8.36. The molecule has 0 aromatic carbocycles. The molecule has 0 atom stereocenters. The van der Waals surface area contributed by atoms with E-state index in [0.29, 0.717) is 0 Å². The molecule has 0 spiro atoms. The number of halogens is 2. The van der Waals surface area contributed by atoms with Gasteiger partial charge in [-0.25, -0.2) is 0 Å². The van der Waals surface area contributed by atoms with E-state index in [2.05, 4.69) is 78.8 Å². The Morgan fingerprint density at radius 2 is 1.41 bits per heavy atom. The van der Waals surface area contributed by atoms with Gasteiger partial charge in [0, 0.05) is 0 Å². The Kier molecular flexibility index (Phi) is 10.5. The molecule has 0 aromatic rings. The van der Waals surface area contributed by atoms with Crippen molar-refractivity contribution in [3.05, 3.63) is 22.1 Å². The van der Waals surface area contributed by atoms with E-state index in [1.165, 1.54) is 17.7 Å². The van der Waals surface area contributed by atoms with Crippen molar-refractivity contribution in [2.75, 3.05) is 20.6 Å². The smallest absolute Gasteiger partial charge is 0.147 e. The molecule has 0 radical (unpaired) electrons. The van der Waals surface area contributed by atoms with Crippen molar-refractivity contribution in [2.45, 2.75) is 65.4 Å². The molecule has 4 heteroatoms. The fourth-order valence-electron chi connectivity index (χ4n) is 5.51. The molecule has 0 heterocycles. The van der Waals surface area contributed by atoms with Gasteiger partial charge >= 0.3 is 128 Å². The van der Waals surface area contributed by atoms with Crippen LogP contribution in [0.2, 0.25) is 17.4 Å². The van der Waals surface area contributed by atoms with Crippen LogP contribution in [0.15, 0.2) is 22.1 Å². The topological polar surface area (TPSA) is 3.24 Å². The van der Waals surface area contributed by atoms with Crippen molar-refractivity contribution in [2.24, 2.45) is 0 Å². The predicted octanol–water partition coefficient (Wildman–Crippen LogP) is 6.83. The van der Waals surface area contributed by atoms with E-state index in [9.17, 15) is 0 Å². The summed E-state index contributed by atoms with van der Waals surface area (Å²) in [5.74, 6) is 0. The molecule has 0 aliphatic heterocycles. The van der Waals surface area contributed by atoms with Gasteiger partial charge in [0.2, 0.25) is 0 Å². The van der Waals surface area contributed by atoms with Crippen molar-refractivity contribution in [1.82, 2.24) is 4.90 Å². The van der Waals surface area contributed by atoms with Gasteiger partial charge in [0.15, 0.2) is 0 Å². The normalized spacial score (nSPS) is 16.5. The summed E-state index contributed by atoms with van der Waals surface area (Å²) in [4.78, 5) is 2.39. The molecule has 0 bridgehead atoms. The largest absolute Gasteiger partial charge is 0.147 e. The van der Waals surface area contributed by atoms with Crippen LogP contribution in [0.4, 0.5) is 0 Å². The van der Waals surface area contributed by atoms with Crippen LogP contribution in [0.25, 0.3) is 0 Å². The Morgan fingerprint density at radius 3 is 1.68 bits per heavy atom. The third kappa shape index (κ3) is 3.70. The minimum absolute atomic E-state index is 0. The van der Waals surface area contributed by atoms with Gasteiger partial charge in [0.25, 0.3) is 0 Å². The van der Waals surface area contributed by atoms with Crippen molar-refractivity contribution in [1.29, 1.82) is 0 Å². The quantitative estimate of drug-likeness (QED) is 0.433. The van der Waals surface area contributed by atoms with Crippen LogP contribution in [0.5, 0.6) is 0 Å². The Bertz CT molecular complexity index is 373. The standard InChI is InChI=1S/C5H5.C4H10N.3C3H7.2ClH.Ti/c1-2-4-5-3-1;1-4-5(2)3;3*1-3-2;;;/h1-3H,4H2;1,4H2,2-3H3;3*3H,1-2H3;2*1H;. The van der Waals surface area contributed by atoms with Crippen LogP contribution in [0.1, 0.15) is 48.0 Å². The van der Waals surface area contributed by atoms with Gasteiger partial charge in [0.05, 0.1) is 0 Å². The predicted molar refractivity (Wildman–Crippen MR) is 105 cm³/mol. The molecule has 0 N–H and O–H groups in total. The Labute approximate surface area is 152 Å². The average Bonchev–Trinajstić information content (AvgIpc) is 2.83. The van der Waals surface area contributed by atoms with Gasteiger partial charge in [-0.2, -0.15) is 0 Å².